The number of H-pyrrole nitrogens is 1. The number of para-hydroxylation sites is 3. The number of aromatic amines is 1. The summed E-state index contributed by atoms with van der Waals surface area (Å²) in [5, 5.41) is 3.54. The van der Waals surface area contributed by atoms with Crippen LogP contribution in [0.15, 0.2) is 66.8 Å². The Kier molecular flexibility index (Phi) is 6.73. The molecule has 2 N–H and O–H groups in total. The van der Waals surface area contributed by atoms with Gasteiger partial charge in [-0.05, 0) is 61.4 Å². The van der Waals surface area contributed by atoms with Gasteiger partial charge in [0.05, 0.1) is 17.1 Å². The van der Waals surface area contributed by atoms with Crippen molar-refractivity contribution in [1.29, 1.82) is 0 Å². The van der Waals surface area contributed by atoms with Crippen molar-refractivity contribution in [3.05, 3.63) is 83.7 Å². The third kappa shape index (κ3) is 5.05. The van der Waals surface area contributed by atoms with E-state index in [0.717, 1.165) is 48.0 Å². The van der Waals surface area contributed by atoms with E-state index >= 15 is 0 Å². The molecule has 4 nitrogen and oxygen atoms in total. The van der Waals surface area contributed by atoms with Crippen molar-refractivity contribution in [1.82, 2.24) is 9.97 Å². The Hall–Kier alpha value is -3.27. The Morgan fingerprint density at radius 1 is 1.15 bits per heavy atom. The minimum Gasteiger partial charge on any atom is -0.340 e. The summed E-state index contributed by atoms with van der Waals surface area (Å²) in [6.45, 7) is 14.1. The zero-order valence-electron chi connectivity index (χ0n) is 20.4. The molecule has 0 saturated heterocycles. The summed E-state index contributed by atoms with van der Waals surface area (Å²) >= 11 is 0. The largest absolute Gasteiger partial charge is 0.340 e. The van der Waals surface area contributed by atoms with Crippen LogP contribution in [-0.4, -0.2) is 16.5 Å². The van der Waals surface area contributed by atoms with Gasteiger partial charge in [0.15, 0.2) is 0 Å². The van der Waals surface area contributed by atoms with Crippen molar-refractivity contribution in [2.45, 2.75) is 58.8 Å². The molecule has 3 aromatic rings. The van der Waals surface area contributed by atoms with E-state index in [2.05, 4.69) is 110 Å². The Labute approximate surface area is 198 Å². The standard InChI is InChI=1S/C29H36N4/c1-6-7-12-21(2)17-18-24-22(3)30-28(31-24)32-25-14-9-11-16-27(25)33-20-19-29(4,5)23-13-8-10-15-26(23)33/h8-11,13-18H,2,6-7,12,19-20H2,1,3-5H3,(H2,30,31,32)/b18-17-. The van der Waals surface area contributed by atoms with Gasteiger partial charge in [-0.15, -0.1) is 0 Å². The molecule has 0 atom stereocenters. The predicted octanol–water partition coefficient (Wildman–Crippen LogP) is 8.04. The maximum atomic E-state index is 4.80. The number of hydrogen-bond donors (Lipinski definition) is 2. The van der Waals surface area contributed by atoms with Gasteiger partial charge in [-0.1, -0.05) is 75.8 Å². The third-order valence-electron chi connectivity index (χ3n) is 6.58. The summed E-state index contributed by atoms with van der Waals surface area (Å²) in [5.41, 5.74) is 8.20. The molecule has 1 aromatic heterocycles. The highest BCUT2D eigenvalue weighted by Gasteiger charge is 2.32. The summed E-state index contributed by atoms with van der Waals surface area (Å²) in [4.78, 5) is 10.6. The van der Waals surface area contributed by atoms with Crippen molar-refractivity contribution in [2.24, 2.45) is 0 Å². The fraction of sp³-hybridized carbons (Fsp3) is 0.345. The van der Waals surface area contributed by atoms with Crippen LogP contribution in [0.3, 0.4) is 0 Å². The molecule has 1 aliphatic rings. The Morgan fingerprint density at radius 3 is 2.67 bits per heavy atom. The number of hydrogen-bond acceptors (Lipinski definition) is 3. The van der Waals surface area contributed by atoms with Gasteiger partial charge in [-0.2, -0.15) is 0 Å². The van der Waals surface area contributed by atoms with Crippen molar-refractivity contribution >= 4 is 29.1 Å². The minimum atomic E-state index is 0.177. The van der Waals surface area contributed by atoms with Gasteiger partial charge in [-0.25, -0.2) is 4.98 Å². The highest BCUT2D eigenvalue weighted by molar-refractivity contribution is 5.81. The average Bonchev–Trinajstić information content (AvgIpc) is 3.16. The molecular formula is C29H36N4. The minimum absolute atomic E-state index is 0.177. The van der Waals surface area contributed by atoms with E-state index in [1.165, 1.54) is 29.8 Å². The molecule has 33 heavy (non-hydrogen) atoms. The van der Waals surface area contributed by atoms with Crippen molar-refractivity contribution in [3.8, 4) is 0 Å². The van der Waals surface area contributed by atoms with Gasteiger partial charge in [0.25, 0.3) is 0 Å². The monoisotopic (exact) mass is 440 g/mol. The van der Waals surface area contributed by atoms with Crippen LogP contribution in [0.4, 0.5) is 23.0 Å². The molecule has 0 aliphatic carbocycles. The first-order valence-electron chi connectivity index (χ1n) is 12.0. The first-order chi connectivity index (χ1) is 15.9. The topological polar surface area (TPSA) is 44.0 Å². The average molecular weight is 441 g/mol. The van der Waals surface area contributed by atoms with E-state index in [9.17, 15) is 0 Å². The van der Waals surface area contributed by atoms with Gasteiger partial charge >= 0.3 is 0 Å². The third-order valence-corrected chi connectivity index (χ3v) is 6.58. The highest BCUT2D eigenvalue weighted by atomic mass is 15.2. The van der Waals surface area contributed by atoms with Crippen molar-refractivity contribution in [2.75, 3.05) is 16.8 Å². The molecule has 2 aromatic carbocycles. The Morgan fingerprint density at radius 2 is 1.88 bits per heavy atom. The summed E-state index contributed by atoms with van der Waals surface area (Å²) in [5.74, 6) is 0.754. The van der Waals surface area contributed by atoms with E-state index in [4.69, 9.17) is 4.98 Å². The molecule has 2 heterocycles. The highest BCUT2D eigenvalue weighted by Crippen LogP contribution is 2.44. The van der Waals surface area contributed by atoms with E-state index in [0.29, 0.717) is 0 Å². The zero-order valence-corrected chi connectivity index (χ0v) is 20.4. The lowest BCUT2D eigenvalue weighted by Gasteiger charge is -2.40. The molecule has 0 saturated carbocycles. The van der Waals surface area contributed by atoms with Crippen LogP contribution in [0.1, 0.15) is 63.4 Å². The number of allylic oxidation sites excluding steroid dienone is 2. The number of rotatable bonds is 8. The SMILES string of the molecule is C=C(/C=C\c1nc(Nc2ccccc2N2CCC(C)(C)c3ccccc32)[nH]c1C)CCCC. The van der Waals surface area contributed by atoms with Crippen molar-refractivity contribution < 1.29 is 0 Å². The van der Waals surface area contributed by atoms with E-state index in [-0.39, 0.29) is 5.41 Å². The van der Waals surface area contributed by atoms with Gasteiger partial charge in [-0.3, -0.25) is 0 Å². The Balaban J connectivity index is 1.59. The molecule has 172 valence electrons. The van der Waals surface area contributed by atoms with Crippen LogP contribution < -0.4 is 10.2 Å². The number of anilines is 4. The molecular weight excluding hydrogens is 404 g/mol. The molecule has 0 amide bonds. The van der Waals surface area contributed by atoms with E-state index < -0.39 is 0 Å². The second-order valence-electron chi connectivity index (χ2n) is 9.64. The maximum Gasteiger partial charge on any atom is 0.205 e. The second-order valence-corrected chi connectivity index (χ2v) is 9.64. The molecule has 4 heteroatoms. The molecule has 1 aliphatic heterocycles. The van der Waals surface area contributed by atoms with Crippen LogP contribution >= 0.6 is 0 Å². The number of nitrogens with one attached hydrogen (secondary N) is 2. The normalized spacial score (nSPS) is 15.0. The fourth-order valence-electron chi connectivity index (χ4n) is 4.50. The fourth-order valence-corrected chi connectivity index (χ4v) is 4.50. The van der Waals surface area contributed by atoms with E-state index in [1.807, 2.05) is 0 Å². The number of aryl methyl sites for hydroxylation is 1. The first kappa shape index (κ1) is 22.9. The predicted molar refractivity (Wildman–Crippen MR) is 142 cm³/mol. The summed E-state index contributed by atoms with van der Waals surface area (Å²) < 4.78 is 0. The van der Waals surface area contributed by atoms with Crippen LogP contribution in [0, 0.1) is 6.92 Å². The summed E-state index contributed by atoms with van der Waals surface area (Å²) in [7, 11) is 0. The molecule has 0 radical (unpaired) electrons. The molecule has 0 unspecified atom stereocenters. The molecule has 4 rings (SSSR count). The smallest absolute Gasteiger partial charge is 0.205 e. The first-order valence-corrected chi connectivity index (χ1v) is 12.0. The zero-order chi connectivity index (χ0) is 23.4. The van der Waals surface area contributed by atoms with Gasteiger partial charge in [0, 0.05) is 17.9 Å². The maximum absolute atomic E-state index is 4.80. The summed E-state index contributed by atoms with van der Waals surface area (Å²) in [6, 6.07) is 17.3. The number of imidazole rings is 1. The van der Waals surface area contributed by atoms with Crippen molar-refractivity contribution in [3.63, 3.8) is 0 Å². The molecule has 0 fully saturated rings. The van der Waals surface area contributed by atoms with E-state index in [1.54, 1.807) is 0 Å². The number of fused-ring (bicyclic) bond motifs is 1. The number of benzene rings is 2. The quantitative estimate of drug-likeness (QED) is 0.348. The van der Waals surface area contributed by atoms with Crippen LogP contribution in [0.25, 0.3) is 6.08 Å². The summed E-state index contributed by atoms with van der Waals surface area (Å²) in [6.07, 6.45) is 8.63. The van der Waals surface area contributed by atoms with Gasteiger partial charge in [0.1, 0.15) is 0 Å². The number of aromatic nitrogens is 2. The number of unbranched alkanes of at least 4 members (excludes halogenated alkanes) is 1. The lowest BCUT2D eigenvalue weighted by Crippen LogP contribution is -2.34. The second kappa shape index (κ2) is 9.70. The Bertz CT molecular complexity index is 1150. The lowest BCUT2D eigenvalue weighted by molar-refractivity contribution is 0.467. The lowest BCUT2D eigenvalue weighted by atomic mass is 9.77. The molecule has 0 spiro atoms. The molecule has 0 bridgehead atoms. The van der Waals surface area contributed by atoms with Gasteiger partial charge < -0.3 is 15.2 Å². The number of nitrogens with zero attached hydrogens (tertiary/aromatic N) is 2. The van der Waals surface area contributed by atoms with Gasteiger partial charge in [0.2, 0.25) is 5.95 Å². The van der Waals surface area contributed by atoms with Crippen LogP contribution in [0.2, 0.25) is 0 Å². The van der Waals surface area contributed by atoms with Crippen LogP contribution in [-0.2, 0) is 5.41 Å². The van der Waals surface area contributed by atoms with Crippen LogP contribution in [0.5, 0.6) is 0 Å².